The average Bonchev–Trinajstić information content (AvgIpc) is 3.30. The molecule has 6 rings (SSSR count). The standard InChI is InChI=1S/C30H26N2O5/c1-4-15-31-23-8-6-5-7-22(23)30(29(31)35)25-26(33)21-16-18(2)9-14-24(21)37-27(25)28(34)32(30)17-19-10-12-20(36-3)13-11-19/h5-14,16H,4,15,17H2,1-3H3/t30-/m0/s1. The van der Waals surface area contributed by atoms with Crippen molar-refractivity contribution in [2.45, 2.75) is 32.4 Å². The largest absolute Gasteiger partial charge is 0.497 e. The van der Waals surface area contributed by atoms with E-state index >= 15 is 0 Å². The summed E-state index contributed by atoms with van der Waals surface area (Å²) in [5.74, 6) is -0.178. The van der Waals surface area contributed by atoms with Gasteiger partial charge in [0.15, 0.2) is 11.0 Å². The third kappa shape index (κ3) is 3.10. The van der Waals surface area contributed by atoms with Crippen LogP contribution in [0.5, 0.6) is 5.75 Å². The van der Waals surface area contributed by atoms with E-state index in [0.29, 0.717) is 34.5 Å². The monoisotopic (exact) mass is 494 g/mol. The molecule has 1 aromatic heterocycles. The van der Waals surface area contributed by atoms with Crippen LogP contribution < -0.4 is 15.1 Å². The number of ether oxygens (including phenoxy) is 1. The summed E-state index contributed by atoms with van der Waals surface area (Å²) in [5, 5.41) is 0.358. The van der Waals surface area contributed by atoms with Crippen LogP contribution in [0.4, 0.5) is 5.69 Å². The highest BCUT2D eigenvalue weighted by Crippen LogP contribution is 2.53. The van der Waals surface area contributed by atoms with Gasteiger partial charge in [-0.1, -0.05) is 48.9 Å². The molecular formula is C30H26N2O5. The number of anilines is 1. The first-order valence-electron chi connectivity index (χ1n) is 12.4. The molecule has 2 aliphatic heterocycles. The van der Waals surface area contributed by atoms with Crippen molar-refractivity contribution in [3.63, 3.8) is 0 Å². The van der Waals surface area contributed by atoms with Gasteiger partial charge in [0, 0.05) is 18.7 Å². The van der Waals surface area contributed by atoms with Gasteiger partial charge in [-0.3, -0.25) is 14.4 Å². The van der Waals surface area contributed by atoms with Gasteiger partial charge in [-0.15, -0.1) is 0 Å². The van der Waals surface area contributed by atoms with Crippen molar-refractivity contribution in [2.75, 3.05) is 18.6 Å². The van der Waals surface area contributed by atoms with E-state index < -0.39 is 11.4 Å². The van der Waals surface area contributed by atoms with Crippen LogP contribution in [0, 0.1) is 6.92 Å². The maximum atomic E-state index is 14.5. The zero-order valence-corrected chi connectivity index (χ0v) is 20.9. The second-order valence-corrected chi connectivity index (χ2v) is 9.56. The molecule has 3 heterocycles. The van der Waals surface area contributed by atoms with E-state index in [1.807, 2.05) is 68.4 Å². The van der Waals surface area contributed by atoms with E-state index in [4.69, 9.17) is 9.15 Å². The lowest BCUT2D eigenvalue weighted by Gasteiger charge is -2.34. The topological polar surface area (TPSA) is 80.1 Å². The molecule has 2 amide bonds. The van der Waals surface area contributed by atoms with Gasteiger partial charge in [-0.25, -0.2) is 0 Å². The number of fused-ring (bicyclic) bond motifs is 5. The number of nitrogens with zero attached hydrogens (tertiary/aromatic N) is 2. The first kappa shape index (κ1) is 23.0. The third-order valence-electron chi connectivity index (χ3n) is 7.34. The summed E-state index contributed by atoms with van der Waals surface area (Å²) in [4.78, 5) is 45.9. The Morgan fingerprint density at radius 3 is 2.46 bits per heavy atom. The summed E-state index contributed by atoms with van der Waals surface area (Å²) in [7, 11) is 1.59. The van der Waals surface area contributed by atoms with Crippen LogP contribution in [-0.2, 0) is 16.9 Å². The zero-order chi connectivity index (χ0) is 25.9. The maximum absolute atomic E-state index is 14.5. The molecule has 0 N–H and O–H groups in total. The van der Waals surface area contributed by atoms with Crippen LogP contribution in [0.1, 0.15) is 46.2 Å². The van der Waals surface area contributed by atoms with Gasteiger partial charge >= 0.3 is 0 Å². The Labute approximate surface area is 213 Å². The van der Waals surface area contributed by atoms with Crippen molar-refractivity contribution in [3.05, 3.63) is 105 Å². The van der Waals surface area contributed by atoms with Gasteiger partial charge in [0.05, 0.1) is 23.7 Å². The lowest BCUT2D eigenvalue weighted by Crippen LogP contribution is -2.53. The number of amides is 2. The summed E-state index contributed by atoms with van der Waals surface area (Å²) in [6.07, 6.45) is 0.723. The number of carbonyl (C=O) groups excluding carboxylic acids is 2. The first-order valence-corrected chi connectivity index (χ1v) is 12.4. The van der Waals surface area contributed by atoms with Crippen LogP contribution in [0.15, 0.2) is 75.9 Å². The fourth-order valence-corrected chi connectivity index (χ4v) is 5.68. The molecule has 37 heavy (non-hydrogen) atoms. The van der Waals surface area contributed by atoms with E-state index in [9.17, 15) is 14.4 Å². The molecule has 0 radical (unpaired) electrons. The number of methoxy groups -OCH3 is 1. The van der Waals surface area contributed by atoms with Crippen LogP contribution in [0.2, 0.25) is 0 Å². The second kappa shape index (κ2) is 8.34. The Balaban J connectivity index is 1.67. The highest BCUT2D eigenvalue weighted by molar-refractivity contribution is 6.17. The van der Waals surface area contributed by atoms with Crippen molar-refractivity contribution in [3.8, 4) is 5.75 Å². The third-order valence-corrected chi connectivity index (χ3v) is 7.34. The number of benzene rings is 3. The van der Waals surface area contributed by atoms with Crippen molar-refractivity contribution >= 4 is 28.5 Å². The number of aryl methyl sites for hydroxylation is 1. The molecule has 0 fully saturated rings. The fourth-order valence-electron chi connectivity index (χ4n) is 5.68. The highest BCUT2D eigenvalue weighted by atomic mass is 16.5. The zero-order valence-electron chi connectivity index (χ0n) is 20.9. The van der Waals surface area contributed by atoms with Crippen LogP contribution in [0.3, 0.4) is 0 Å². The molecule has 1 atom stereocenters. The smallest absolute Gasteiger partial charge is 0.291 e. The number of rotatable bonds is 5. The summed E-state index contributed by atoms with van der Waals surface area (Å²) in [6, 6.07) is 20.0. The van der Waals surface area contributed by atoms with Crippen molar-refractivity contribution in [2.24, 2.45) is 0 Å². The molecule has 1 spiro atoms. The Morgan fingerprint density at radius 2 is 1.73 bits per heavy atom. The number of para-hydroxylation sites is 1. The van der Waals surface area contributed by atoms with E-state index in [0.717, 1.165) is 17.5 Å². The molecule has 0 saturated heterocycles. The minimum Gasteiger partial charge on any atom is -0.497 e. The predicted molar refractivity (Wildman–Crippen MR) is 140 cm³/mol. The normalized spacial score (nSPS) is 18.1. The van der Waals surface area contributed by atoms with Crippen LogP contribution in [-0.4, -0.2) is 30.4 Å². The number of hydrogen-bond acceptors (Lipinski definition) is 5. The summed E-state index contributed by atoms with van der Waals surface area (Å²) in [6.45, 7) is 4.47. The quantitative estimate of drug-likeness (QED) is 0.400. The van der Waals surface area contributed by atoms with Crippen molar-refractivity contribution in [1.82, 2.24) is 4.90 Å². The first-order chi connectivity index (χ1) is 17.9. The van der Waals surface area contributed by atoms with E-state index in [1.54, 1.807) is 24.1 Å². The molecular weight excluding hydrogens is 468 g/mol. The minimum atomic E-state index is -1.61. The fraction of sp³-hybridized carbons (Fsp3) is 0.233. The number of hydrogen-bond donors (Lipinski definition) is 0. The molecule has 3 aromatic carbocycles. The lowest BCUT2D eigenvalue weighted by molar-refractivity contribution is -0.126. The van der Waals surface area contributed by atoms with Crippen LogP contribution >= 0.6 is 0 Å². The van der Waals surface area contributed by atoms with Gasteiger partial charge in [-0.2, -0.15) is 0 Å². The maximum Gasteiger partial charge on any atom is 0.291 e. The SMILES string of the molecule is CCCN1C(=O)[C@]2(c3ccccc31)c1c(oc3ccc(C)cc3c1=O)C(=O)N2Cc1ccc(OC)cc1. The molecule has 7 nitrogen and oxygen atoms in total. The molecule has 0 aliphatic carbocycles. The Hall–Kier alpha value is -4.39. The minimum absolute atomic E-state index is 0.0728. The van der Waals surface area contributed by atoms with Crippen LogP contribution in [0.25, 0.3) is 11.0 Å². The highest BCUT2D eigenvalue weighted by Gasteiger charge is 2.64. The molecule has 0 saturated carbocycles. The van der Waals surface area contributed by atoms with Gasteiger partial charge < -0.3 is 19.0 Å². The summed E-state index contributed by atoms with van der Waals surface area (Å²) in [5.41, 5.74) is 1.47. The Kier molecular flexibility index (Phi) is 5.19. The molecule has 2 aliphatic rings. The van der Waals surface area contributed by atoms with Gasteiger partial charge in [0.1, 0.15) is 11.3 Å². The van der Waals surface area contributed by atoms with Gasteiger partial charge in [-0.05, 0) is 49.2 Å². The molecule has 4 aromatic rings. The number of carbonyl (C=O) groups is 2. The Morgan fingerprint density at radius 1 is 0.973 bits per heavy atom. The summed E-state index contributed by atoms with van der Waals surface area (Å²) < 4.78 is 11.4. The second-order valence-electron chi connectivity index (χ2n) is 9.56. The molecule has 186 valence electrons. The molecule has 0 unspecified atom stereocenters. The lowest BCUT2D eigenvalue weighted by atomic mass is 9.83. The predicted octanol–water partition coefficient (Wildman–Crippen LogP) is 4.77. The van der Waals surface area contributed by atoms with E-state index in [-0.39, 0.29) is 29.2 Å². The van der Waals surface area contributed by atoms with Gasteiger partial charge in [0.2, 0.25) is 5.76 Å². The van der Waals surface area contributed by atoms with Crippen molar-refractivity contribution < 1.29 is 18.7 Å². The van der Waals surface area contributed by atoms with Gasteiger partial charge in [0.25, 0.3) is 11.8 Å². The average molecular weight is 495 g/mol. The Bertz CT molecular complexity index is 1640. The molecule has 0 bridgehead atoms. The van der Waals surface area contributed by atoms with E-state index in [1.165, 1.54) is 4.90 Å². The molecule has 7 heteroatoms. The van der Waals surface area contributed by atoms with E-state index in [2.05, 4.69) is 0 Å². The summed E-state index contributed by atoms with van der Waals surface area (Å²) >= 11 is 0. The van der Waals surface area contributed by atoms with Crippen molar-refractivity contribution in [1.29, 1.82) is 0 Å².